The molecule has 0 bridgehead atoms. The number of nitrogens with one attached hydrogen (secondary N) is 2. The lowest BCUT2D eigenvalue weighted by Crippen LogP contribution is -2.53. The summed E-state index contributed by atoms with van der Waals surface area (Å²) in [7, 11) is -3.78. The third-order valence-electron chi connectivity index (χ3n) is 3.82. The Labute approximate surface area is 125 Å². The number of carbonyl (C=O) groups is 1. The minimum atomic E-state index is -3.78. The number of anilines is 1. The van der Waals surface area contributed by atoms with Gasteiger partial charge in [-0.25, -0.2) is 13.6 Å². The van der Waals surface area contributed by atoms with Crippen LogP contribution in [-0.4, -0.2) is 26.9 Å². The molecular weight excluding hydrogens is 290 g/mol. The summed E-state index contributed by atoms with van der Waals surface area (Å²) in [6, 6.07) is 5.65. The Balaban J connectivity index is 2.16. The summed E-state index contributed by atoms with van der Waals surface area (Å²) >= 11 is 0. The van der Waals surface area contributed by atoms with Crippen molar-refractivity contribution in [2.24, 2.45) is 10.6 Å². The fraction of sp³-hybridized carbons (Fsp3) is 0.500. The van der Waals surface area contributed by atoms with Crippen molar-refractivity contribution >= 4 is 21.6 Å². The number of sulfonamides is 1. The summed E-state index contributed by atoms with van der Waals surface area (Å²) in [4.78, 5) is 12.4. The smallest absolute Gasteiger partial charge is 0.242 e. The van der Waals surface area contributed by atoms with Crippen molar-refractivity contribution in [1.29, 1.82) is 0 Å². The molecule has 2 rings (SSSR count). The van der Waals surface area contributed by atoms with E-state index in [1.54, 1.807) is 12.1 Å². The molecule has 0 radical (unpaired) electrons. The molecule has 0 saturated carbocycles. The number of carbonyl (C=O) groups excluding carboxylic acids is 1. The van der Waals surface area contributed by atoms with Gasteiger partial charge in [-0.3, -0.25) is 4.79 Å². The molecule has 1 unspecified atom stereocenters. The zero-order chi connectivity index (χ0) is 15.7. The van der Waals surface area contributed by atoms with Crippen LogP contribution >= 0.6 is 0 Å². The van der Waals surface area contributed by atoms with Gasteiger partial charge in [0.25, 0.3) is 0 Å². The number of primary sulfonamides is 1. The Morgan fingerprint density at radius 3 is 2.76 bits per heavy atom. The summed E-state index contributed by atoms with van der Waals surface area (Å²) in [6.45, 7) is 4.90. The third-order valence-corrected chi connectivity index (χ3v) is 4.73. The molecule has 1 aliphatic heterocycles. The first kappa shape index (κ1) is 15.9. The van der Waals surface area contributed by atoms with Gasteiger partial charge >= 0.3 is 0 Å². The zero-order valence-corrected chi connectivity index (χ0v) is 13.0. The average molecular weight is 311 g/mol. The highest BCUT2D eigenvalue weighted by Crippen LogP contribution is 2.30. The van der Waals surface area contributed by atoms with Crippen molar-refractivity contribution < 1.29 is 13.2 Å². The van der Waals surface area contributed by atoms with Gasteiger partial charge in [-0.15, -0.1) is 0 Å². The summed E-state index contributed by atoms with van der Waals surface area (Å²) in [5.74, 6) is -0.161. The van der Waals surface area contributed by atoms with Gasteiger partial charge in [-0.05, 0) is 43.0 Å². The fourth-order valence-corrected chi connectivity index (χ4v) is 3.18. The van der Waals surface area contributed by atoms with Gasteiger partial charge in [0, 0.05) is 5.69 Å². The maximum Gasteiger partial charge on any atom is 0.242 e. The standard InChI is InChI=1S/C14H21N3O3S/c1-14(2)7-4-8-16-12(14)13(18)17-10-5-3-6-11(9-10)21(15,19)20/h3,5-6,9,12,16H,4,7-8H2,1-2H3,(H,17,18)(H2,15,19,20). The van der Waals surface area contributed by atoms with Crippen molar-refractivity contribution in [3.8, 4) is 0 Å². The van der Waals surface area contributed by atoms with Crippen molar-refractivity contribution in [3.63, 3.8) is 0 Å². The van der Waals surface area contributed by atoms with Gasteiger partial charge in [-0.1, -0.05) is 19.9 Å². The second-order valence-electron chi connectivity index (χ2n) is 6.04. The number of amides is 1. The topological polar surface area (TPSA) is 101 Å². The number of rotatable bonds is 3. The molecule has 1 saturated heterocycles. The summed E-state index contributed by atoms with van der Waals surface area (Å²) in [5, 5.41) is 11.1. The molecule has 1 aromatic rings. The average Bonchev–Trinajstić information content (AvgIpc) is 2.37. The molecule has 116 valence electrons. The number of piperidine rings is 1. The van der Waals surface area contributed by atoms with E-state index in [4.69, 9.17) is 5.14 Å². The lowest BCUT2D eigenvalue weighted by molar-refractivity contribution is -0.121. The molecule has 6 nitrogen and oxygen atoms in total. The van der Waals surface area contributed by atoms with Gasteiger partial charge in [0.05, 0.1) is 10.9 Å². The maximum absolute atomic E-state index is 12.4. The molecule has 7 heteroatoms. The predicted molar refractivity (Wildman–Crippen MR) is 81.3 cm³/mol. The largest absolute Gasteiger partial charge is 0.325 e. The monoisotopic (exact) mass is 311 g/mol. The SMILES string of the molecule is CC1(C)CCCNC1C(=O)Nc1cccc(S(N)(=O)=O)c1. The van der Waals surface area contributed by atoms with E-state index in [0.29, 0.717) is 5.69 Å². The van der Waals surface area contributed by atoms with Crippen molar-refractivity contribution in [2.75, 3.05) is 11.9 Å². The van der Waals surface area contributed by atoms with Crippen LogP contribution in [0, 0.1) is 5.41 Å². The van der Waals surface area contributed by atoms with Gasteiger partial charge in [0.15, 0.2) is 0 Å². The first-order valence-electron chi connectivity index (χ1n) is 6.87. The van der Waals surface area contributed by atoms with E-state index in [2.05, 4.69) is 10.6 Å². The van der Waals surface area contributed by atoms with Crippen LogP contribution in [0.5, 0.6) is 0 Å². The van der Waals surface area contributed by atoms with Gasteiger partial charge in [-0.2, -0.15) is 0 Å². The van der Waals surface area contributed by atoms with Crippen LogP contribution in [0.3, 0.4) is 0 Å². The fourth-order valence-electron chi connectivity index (χ4n) is 2.62. The predicted octanol–water partition coefficient (Wildman–Crippen LogP) is 1.05. The molecule has 1 fully saturated rings. The first-order valence-corrected chi connectivity index (χ1v) is 8.42. The molecular formula is C14H21N3O3S. The molecule has 0 aliphatic carbocycles. The van der Waals surface area contributed by atoms with Crippen LogP contribution in [0.2, 0.25) is 0 Å². The van der Waals surface area contributed by atoms with Gasteiger partial charge < -0.3 is 10.6 Å². The van der Waals surface area contributed by atoms with E-state index in [1.165, 1.54) is 12.1 Å². The minimum Gasteiger partial charge on any atom is -0.325 e. The normalized spacial score (nSPS) is 21.8. The Kier molecular flexibility index (Phi) is 4.36. The van der Waals surface area contributed by atoms with Crippen LogP contribution in [0.25, 0.3) is 0 Å². The van der Waals surface area contributed by atoms with E-state index < -0.39 is 10.0 Å². The van der Waals surface area contributed by atoms with Crippen molar-refractivity contribution in [3.05, 3.63) is 24.3 Å². The zero-order valence-electron chi connectivity index (χ0n) is 12.2. The lowest BCUT2D eigenvalue weighted by Gasteiger charge is -2.38. The Morgan fingerprint density at radius 2 is 2.14 bits per heavy atom. The second-order valence-corrected chi connectivity index (χ2v) is 7.60. The first-order chi connectivity index (χ1) is 9.70. The van der Waals surface area contributed by atoms with Crippen LogP contribution < -0.4 is 15.8 Å². The van der Waals surface area contributed by atoms with Crippen LogP contribution in [0.15, 0.2) is 29.2 Å². The molecule has 1 amide bonds. The molecule has 1 aliphatic rings. The van der Waals surface area contributed by atoms with Crippen LogP contribution in [0.1, 0.15) is 26.7 Å². The van der Waals surface area contributed by atoms with Crippen LogP contribution in [-0.2, 0) is 14.8 Å². The number of hydrogen-bond acceptors (Lipinski definition) is 4. The highest BCUT2D eigenvalue weighted by atomic mass is 32.2. The summed E-state index contributed by atoms with van der Waals surface area (Å²) < 4.78 is 22.7. The summed E-state index contributed by atoms with van der Waals surface area (Å²) in [6.07, 6.45) is 2.01. The van der Waals surface area contributed by atoms with E-state index in [9.17, 15) is 13.2 Å². The van der Waals surface area contributed by atoms with Crippen molar-refractivity contribution in [1.82, 2.24) is 5.32 Å². The quantitative estimate of drug-likeness (QED) is 0.776. The van der Waals surface area contributed by atoms with Gasteiger partial charge in [0.2, 0.25) is 15.9 Å². The highest BCUT2D eigenvalue weighted by molar-refractivity contribution is 7.89. The number of hydrogen-bond donors (Lipinski definition) is 3. The summed E-state index contributed by atoms with van der Waals surface area (Å²) in [5.41, 5.74) is 0.287. The highest BCUT2D eigenvalue weighted by Gasteiger charge is 2.37. The third kappa shape index (κ3) is 3.81. The Bertz CT molecular complexity index is 641. The number of benzene rings is 1. The Hall–Kier alpha value is -1.44. The second kappa shape index (κ2) is 5.75. The van der Waals surface area contributed by atoms with E-state index >= 15 is 0 Å². The molecule has 1 aromatic carbocycles. The van der Waals surface area contributed by atoms with E-state index in [1.807, 2.05) is 13.8 Å². The molecule has 4 N–H and O–H groups in total. The van der Waals surface area contributed by atoms with E-state index in [-0.39, 0.29) is 22.3 Å². The molecule has 0 spiro atoms. The molecule has 0 aromatic heterocycles. The molecule has 1 atom stereocenters. The lowest BCUT2D eigenvalue weighted by atomic mass is 9.77. The Morgan fingerprint density at radius 1 is 1.43 bits per heavy atom. The van der Waals surface area contributed by atoms with E-state index in [0.717, 1.165) is 19.4 Å². The number of nitrogens with two attached hydrogens (primary N) is 1. The van der Waals surface area contributed by atoms with Crippen molar-refractivity contribution in [2.45, 2.75) is 37.6 Å². The van der Waals surface area contributed by atoms with Gasteiger partial charge in [0.1, 0.15) is 0 Å². The maximum atomic E-state index is 12.4. The molecule has 21 heavy (non-hydrogen) atoms. The minimum absolute atomic E-state index is 0.0174. The molecule has 1 heterocycles. The van der Waals surface area contributed by atoms with Crippen LogP contribution in [0.4, 0.5) is 5.69 Å².